The van der Waals surface area contributed by atoms with E-state index in [1.807, 2.05) is 55.5 Å². The van der Waals surface area contributed by atoms with Gasteiger partial charge in [0.2, 0.25) is 0 Å². The Kier molecular flexibility index (Phi) is 9.48. The van der Waals surface area contributed by atoms with E-state index in [1.54, 1.807) is 24.3 Å². The van der Waals surface area contributed by atoms with Crippen LogP contribution in [0.1, 0.15) is 43.4 Å². The maximum atomic E-state index is 13.0. The number of carbonyl (C=O) groups excluding carboxylic acids is 3. The molecule has 0 radical (unpaired) electrons. The number of anilines is 1. The Morgan fingerprint density at radius 2 is 1.82 bits per heavy atom. The van der Waals surface area contributed by atoms with E-state index in [4.69, 9.17) is 9.47 Å². The van der Waals surface area contributed by atoms with Crippen LogP contribution in [-0.2, 0) is 16.1 Å². The summed E-state index contributed by atoms with van der Waals surface area (Å²) in [7, 11) is 0. The molecule has 1 saturated heterocycles. The number of carbonyl (C=O) groups is 3. The minimum atomic E-state index is -0.346. The number of halogens is 1. The first-order chi connectivity index (χ1) is 18.7. The van der Waals surface area contributed by atoms with Gasteiger partial charge in [-0.1, -0.05) is 66.2 Å². The number of hydrogen-bond donors (Lipinski definition) is 1. The molecule has 3 aromatic rings. The molecule has 1 aliphatic rings. The van der Waals surface area contributed by atoms with Crippen LogP contribution in [0.15, 0.2) is 76.1 Å². The Morgan fingerprint density at radius 3 is 2.56 bits per heavy atom. The highest BCUT2D eigenvalue weighted by Gasteiger charge is 2.35. The zero-order valence-corrected chi connectivity index (χ0v) is 24.3. The number of rotatable bonds is 10. The van der Waals surface area contributed by atoms with Crippen molar-refractivity contribution in [3.05, 3.63) is 92.8 Å². The largest absolute Gasteiger partial charge is 0.490 e. The van der Waals surface area contributed by atoms with E-state index >= 15 is 0 Å². The summed E-state index contributed by atoms with van der Waals surface area (Å²) >= 11 is 4.32. The molecular weight excluding hydrogens is 580 g/mol. The van der Waals surface area contributed by atoms with Crippen molar-refractivity contribution in [3.8, 4) is 11.5 Å². The molecular formula is C30H29BrN2O5S. The summed E-state index contributed by atoms with van der Waals surface area (Å²) in [6, 6.07) is 20.4. The van der Waals surface area contributed by atoms with Gasteiger partial charge < -0.3 is 14.8 Å². The molecule has 0 spiro atoms. The van der Waals surface area contributed by atoms with Crippen molar-refractivity contribution in [3.63, 3.8) is 0 Å². The Morgan fingerprint density at radius 1 is 1.03 bits per heavy atom. The molecule has 3 amide bonds. The normalized spacial score (nSPS) is 14.3. The first-order valence-corrected chi connectivity index (χ1v) is 14.1. The van der Waals surface area contributed by atoms with Gasteiger partial charge in [-0.05, 0) is 77.7 Å². The van der Waals surface area contributed by atoms with Crippen LogP contribution in [0.25, 0.3) is 6.08 Å². The standard InChI is InChI=1S/C30H29BrN2O5S/c1-4-37-26-15-20(16-27-29(35)33(30(36)39-27)17-21-8-7-9-22(31)14-21)12-13-25(26)38-18-28(34)32-24-11-6-5-10-23(24)19(2)3/h5-16,19H,4,17-18H2,1-3H3,(H,32,34)/b27-16+. The summed E-state index contributed by atoms with van der Waals surface area (Å²) in [5, 5.41) is 2.59. The van der Waals surface area contributed by atoms with Gasteiger partial charge in [-0.15, -0.1) is 0 Å². The second-order valence-electron chi connectivity index (χ2n) is 9.12. The molecule has 0 saturated carbocycles. The summed E-state index contributed by atoms with van der Waals surface area (Å²) in [5.74, 6) is 0.482. The van der Waals surface area contributed by atoms with Crippen molar-refractivity contribution < 1.29 is 23.9 Å². The van der Waals surface area contributed by atoms with Crippen LogP contribution in [0.5, 0.6) is 11.5 Å². The Labute approximate surface area is 240 Å². The van der Waals surface area contributed by atoms with Crippen molar-refractivity contribution in [1.82, 2.24) is 4.90 Å². The minimum Gasteiger partial charge on any atom is -0.490 e. The molecule has 0 aromatic heterocycles. The molecule has 0 aliphatic carbocycles. The van der Waals surface area contributed by atoms with Crippen LogP contribution in [0, 0.1) is 0 Å². The van der Waals surface area contributed by atoms with Gasteiger partial charge in [-0.25, -0.2) is 0 Å². The van der Waals surface area contributed by atoms with Gasteiger partial charge >= 0.3 is 0 Å². The van der Waals surface area contributed by atoms with Crippen molar-refractivity contribution in [2.45, 2.75) is 33.2 Å². The lowest BCUT2D eigenvalue weighted by Crippen LogP contribution is -2.27. The van der Waals surface area contributed by atoms with Gasteiger partial charge in [0.25, 0.3) is 17.1 Å². The molecule has 3 aromatic carbocycles. The number of imide groups is 1. The molecule has 0 bridgehead atoms. The Hall–Kier alpha value is -3.56. The summed E-state index contributed by atoms with van der Waals surface area (Å²) in [4.78, 5) is 39.7. The topological polar surface area (TPSA) is 84.9 Å². The maximum Gasteiger partial charge on any atom is 0.293 e. The number of ether oxygens (including phenoxy) is 2. The van der Waals surface area contributed by atoms with Crippen LogP contribution in [0.4, 0.5) is 10.5 Å². The third-order valence-electron chi connectivity index (χ3n) is 5.88. The second-order valence-corrected chi connectivity index (χ2v) is 11.0. The van der Waals surface area contributed by atoms with Crippen LogP contribution in [0.2, 0.25) is 0 Å². The summed E-state index contributed by atoms with van der Waals surface area (Å²) < 4.78 is 12.4. The monoisotopic (exact) mass is 608 g/mol. The molecule has 1 heterocycles. The maximum absolute atomic E-state index is 13.0. The van der Waals surface area contributed by atoms with E-state index in [-0.39, 0.29) is 36.1 Å². The van der Waals surface area contributed by atoms with Gasteiger partial charge in [0.15, 0.2) is 18.1 Å². The fourth-order valence-electron chi connectivity index (χ4n) is 4.05. The molecule has 7 nitrogen and oxygen atoms in total. The fourth-order valence-corrected chi connectivity index (χ4v) is 5.34. The van der Waals surface area contributed by atoms with Crippen LogP contribution in [-0.4, -0.2) is 35.2 Å². The Balaban J connectivity index is 1.45. The van der Waals surface area contributed by atoms with E-state index in [2.05, 4.69) is 35.1 Å². The molecule has 1 fully saturated rings. The number of nitrogens with one attached hydrogen (secondary N) is 1. The first-order valence-electron chi connectivity index (χ1n) is 12.5. The van der Waals surface area contributed by atoms with Gasteiger partial charge in [0, 0.05) is 10.2 Å². The number of hydrogen-bond acceptors (Lipinski definition) is 6. The van der Waals surface area contributed by atoms with Crippen molar-refractivity contribution >= 4 is 56.5 Å². The highest BCUT2D eigenvalue weighted by Crippen LogP contribution is 2.35. The highest BCUT2D eigenvalue weighted by molar-refractivity contribution is 9.10. The van der Waals surface area contributed by atoms with Gasteiger partial charge in [0.05, 0.1) is 18.1 Å². The van der Waals surface area contributed by atoms with Crippen LogP contribution in [0.3, 0.4) is 0 Å². The highest BCUT2D eigenvalue weighted by atomic mass is 79.9. The minimum absolute atomic E-state index is 0.194. The van der Waals surface area contributed by atoms with E-state index < -0.39 is 0 Å². The number of benzene rings is 3. The van der Waals surface area contributed by atoms with Crippen LogP contribution >= 0.6 is 27.7 Å². The zero-order chi connectivity index (χ0) is 27.9. The van der Waals surface area contributed by atoms with Crippen molar-refractivity contribution in [2.24, 2.45) is 0 Å². The quantitative estimate of drug-likeness (QED) is 0.244. The molecule has 202 valence electrons. The van der Waals surface area contributed by atoms with Gasteiger partial charge in [-0.3, -0.25) is 19.3 Å². The van der Waals surface area contributed by atoms with E-state index in [0.717, 1.165) is 33.0 Å². The van der Waals surface area contributed by atoms with Crippen molar-refractivity contribution in [2.75, 3.05) is 18.5 Å². The number of amides is 3. The third kappa shape index (κ3) is 7.30. The predicted octanol–water partition coefficient (Wildman–Crippen LogP) is 7.23. The zero-order valence-electron chi connectivity index (χ0n) is 21.9. The summed E-state index contributed by atoms with van der Waals surface area (Å²) in [6.07, 6.45) is 1.66. The molecule has 39 heavy (non-hydrogen) atoms. The average Bonchev–Trinajstić information content (AvgIpc) is 3.16. The lowest BCUT2D eigenvalue weighted by atomic mass is 10.0. The number of nitrogens with zero attached hydrogens (tertiary/aromatic N) is 1. The lowest BCUT2D eigenvalue weighted by molar-refractivity contribution is -0.123. The summed E-state index contributed by atoms with van der Waals surface area (Å²) in [6.45, 7) is 6.37. The fraction of sp³-hybridized carbons (Fsp3) is 0.233. The van der Waals surface area contributed by atoms with E-state index in [0.29, 0.717) is 28.6 Å². The summed E-state index contributed by atoms with van der Waals surface area (Å²) in [5.41, 5.74) is 3.33. The third-order valence-corrected chi connectivity index (χ3v) is 7.28. The molecule has 0 unspecified atom stereocenters. The van der Waals surface area contributed by atoms with Gasteiger partial charge in [-0.2, -0.15) is 0 Å². The van der Waals surface area contributed by atoms with Gasteiger partial charge in [0.1, 0.15) is 0 Å². The lowest BCUT2D eigenvalue weighted by Gasteiger charge is -2.15. The molecule has 1 aliphatic heterocycles. The van der Waals surface area contributed by atoms with Crippen LogP contribution < -0.4 is 14.8 Å². The predicted molar refractivity (Wildman–Crippen MR) is 158 cm³/mol. The number of thioether (sulfide) groups is 1. The second kappa shape index (κ2) is 13.0. The van der Waals surface area contributed by atoms with E-state index in [9.17, 15) is 14.4 Å². The van der Waals surface area contributed by atoms with Crippen molar-refractivity contribution in [1.29, 1.82) is 0 Å². The molecule has 4 rings (SSSR count). The first kappa shape index (κ1) is 28.4. The molecule has 1 N–H and O–H groups in total. The molecule has 9 heteroatoms. The SMILES string of the molecule is CCOc1cc(/C=C2/SC(=O)N(Cc3cccc(Br)c3)C2=O)ccc1OCC(=O)Nc1ccccc1C(C)C. The van der Waals surface area contributed by atoms with E-state index in [1.165, 1.54) is 4.90 Å². The smallest absolute Gasteiger partial charge is 0.293 e. The Bertz CT molecular complexity index is 1420. The molecule has 0 atom stereocenters. The average molecular weight is 610 g/mol. The number of para-hydroxylation sites is 1.